The second-order valence-corrected chi connectivity index (χ2v) is 6.10. The number of oxime groups is 1. The Labute approximate surface area is 129 Å². The SMILES string of the molecule is CCC(CC)N(CC(C)C)C(=O)C(CC)(CC)C(N)=NO. The van der Waals surface area contributed by atoms with Gasteiger partial charge in [-0.25, -0.2) is 0 Å². The van der Waals surface area contributed by atoms with Crippen molar-refractivity contribution in [3.8, 4) is 0 Å². The fourth-order valence-corrected chi connectivity index (χ4v) is 2.92. The van der Waals surface area contributed by atoms with E-state index >= 15 is 0 Å². The lowest BCUT2D eigenvalue weighted by molar-refractivity contribution is -0.142. The van der Waals surface area contributed by atoms with Crippen LogP contribution in [0, 0.1) is 11.3 Å². The lowest BCUT2D eigenvalue weighted by Crippen LogP contribution is -2.54. The van der Waals surface area contributed by atoms with Crippen molar-refractivity contribution in [2.75, 3.05) is 6.54 Å². The minimum atomic E-state index is -0.897. The number of carbonyl (C=O) groups is 1. The monoisotopic (exact) mass is 299 g/mol. The van der Waals surface area contributed by atoms with E-state index in [0.29, 0.717) is 25.3 Å². The lowest BCUT2D eigenvalue weighted by atomic mass is 9.79. The van der Waals surface area contributed by atoms with Crippen LogP contribution in [-0.2, 0) is 4.79 Å². The van der Waals surface area contributed by atoms with E-state index in [2.05, 4.69) is 32.9 Å². The van der Waals surface area contributed by atoms with Crippen LogP contribution in [-0.4, -0.2) is 34.4 Å². The maximum absolute atomic E-state index is 13.2. The van der Waals surface area contributed by atoms with Crippen LogP contribution in [0.1, 0.15) is 67.2 Å². The summed E-state index contributed by atoms with van der Waals surface area (Å²) >= 11 is 0. The van der Waals surface area contributed by atoms with Gasteiger partial charge in [-0.05, 0) is 31.6 Å². The van der Waals surface area contributed by atoms with Gasteiger partial charge in [0.2, 0.25) is 5.91 Å². The van der Waals surface area contributed by atoms with Crippen LogP contribution >= 0.6 is 0 Å². The highest BCUT2D eigenvalue weighted by Crippen LogP contribution is 2.31. The van der Waals surface area contributed by atoms with E-state index < -0.39 is 5.41 Å². The normalized spacial score (nSPS) is 13.0. The molecule has 0 saturated carbocycles. The quantitative estimate of drug-likeness (QED) is 0.297. The summed E-state index contributed by atoms with van der Waals surface area (Å²) in [6.45, 7) is 12.9. The summed E-state index contributed by atoms with van der Waals surface area (Å²) in [4.78, 5) is 15.1. The number of hydrogen-bond donors (Lipinski definition) is 2. The number of nitrogens with zero attached hydrogens (tertiary/aromatic N) is 2. The molecule has 0 aromatic carbocycles. The predicted octanol–water partition coefficient (Wildman–Crippen LogP) is 3.21. The van der Waals surface area contributed by atoms with E-state index in [0.717, 1.165) is 12.8 Å². The van der Waals surface area contributed by atoms with Crippen molar-refractivity contribution in [1.29, 1.82) is 0 Å². The van der Waals surface area contributed by atoms with E-state index in [9.17, 15) is 4.79 Å². The molecule has 0 rings (SSSR count). The Morgan fingerprint density at radius 1 is 1.19 bits per heavy atom. The number of rotatable bonds is 9. The van der Waals surface area contributed by atoms with Gasteiger partial charge >= 0.3 is 0 Å². The van der Waals surface area contributed by atoms with Gasteiger partial charge in [0.1, 0.15) is 5.41 Å². The second kappa shape index (κ2) is 8.90. The van der Waals surface area contributed by atoms with Gasteiger partial charge in [-0.15, -0.1) is 0 Å². The zero-order chi connectivity index (χ0) is 16.6. The highest BCUT2D eigenvalue weighted by molar-refractivity contribution is 6.06. The maximum atomic E-state index is 13.2. The lowest BCUT2D eigenvalue weighted by Gasteiger charge is -2.40. The third-order valence-electron chi connectivity index (χ3n) is 4.42. The Balaban J connectivity index is 5.69. The van der Waals surface area contributed by atoms with Gasteiger partial charge < -0.3 is 15.8 Å². The molecule has 0 unspecified atom stereocenters. The molecule has 124 valence electrons. The molecular weight excluding hydrogens is 266 g/mol. The molecule has 0 radical (unpaired) electrons. The van der Waals surface area contributed by atoms with Crippen molar-refractivity contribution >= 4 is 11.7 Å². The number of nitrogens with two attached hydrogens (primary N) is 1. The van der Waals surface area contributed by atoms with Gasteiger partial charge in [0.15, 0.2) is 5.84 Å². The van der Waals surface area contributed by atoms with E-state index in [1.54, 1.807) is 0 Å². The Morgan fingerprint density at radius 2 is 1.67 bits per heavy atom. The summed E-state index contributed by atoms with van der Waals surface area (Å²) in [5.41, 5.74) is 4.98. The molecule has 0 heterocycles. The molecule has 0 atom stereocenters. The molecule has 0 saturated heterocycles. The van der Waals surface area contributed by atoms with Crippen LogP contribution < -0.4 is 5.73 Å². The smallest absolute Gasteiger partial charge is 0.236 e. The summed E-state index contributed by atoms with van der Waals surface area (Å²) < 4.78 is 0. The van der Waals surface area contributed by atoms with Gasteiger partial charge in [0.05, 0.1) is 0 Å². The molecule has 0 spiro atoms. The molecule has 0 aliphatic heterocycles. The Bertz CT molecular complexity index is 345. The zero-order valence-corrected chi connectivity index (χ0v) is 14.5. The van der Waals surface area contributed by atoms with Crippen molar-refractivity contribution in [3.05, 3.63) is 0 Å². The third-order valence-corrected chi connectivity index (χ3v) is 4.42. The molecule has 0 aliphatic carbocycles. The van der Waals surface area contributed by atoms with Crippen LogP contribution in [0.3, 0.4) is 0 Å². The Morgan fingerprint density at radius 3 is 1.95 bits per heavy atom. The van der Waals surface area contributed by atoms with Crippen molar-refractivity contribution in [2.45, 2.75) is 73.3 Å². The van der Waals surface area contributed by atoms with Gasteiger partial charge in [-0.1, -0.05) is 46.7 Å². The van der Waals surface area contributed by atoms with E-state index in [-0.39, 0.29) is 17.8 Å². The minimum absolute atomic E-state index is 0.00907. The fraction of sp³-hybridized carbons (Fsp3) is 0.875. The fourth-order valence-electron chi connectivity index (χ4n) is 2.92. The summed E-state index contributed by atoms with van der Waals surface area (Å²) in [5.74, 6) is 0.399. The molecule has 0 aromatic heterocycles. The molecular formula is C16H33N3O2. The van der Waals surface area contributed by atoms with E-state index in [1.165, 1.54) is 0 Å². The summed E-state index contributed by atoms with van der Waals surface area (Å²) in [5, 5.41) is 12.2. The first kappa shape index (κ1) is 19.7. The van der Waals surface area contributed by atoms with Crippen LogP contribution in [0.4, 0.5) is 0 Å². The molecule has 5 nitrogen and oxygen atoms in total. The van der Waals surface area contributed by atoms with E-state index in [1.807, 2.05) is 18.7 Å². The Kier molecular flexibility index (Phi) is 8.37. The minimum Gasteiger partial charge on any atom is -0.409 e. The number of amidine groups is 1. The van der Waals surface area contributed by atoms with Crippen molar-refractivity contribution in [3.63, 3.8) is 0 Å². The number of hydrogen-bond acceptors (Lipinski definition) is 3. The average Bonchev–Trinajstić information content (AvgIpc) is 2.48. The van der Waals surface area contributed by atoms with Gasteiger partial charge in [-0.2, -0.15) is 0 Å². The topological polar surface area (TPSA) is 78.9 Å². The first-order chi connectivity index (χ1) is 9.84. The second-order valence-electron chi connectivity index (χ2n) is 6.10. The van der Waals surface area contributed by atoms with Crippen LogP contribution in [0.25, 0.3) is 0 Å². The summed E-state index contributed by atoms with van der Waals surface area (Å²) in [6, 6.07) is 0.198. The van der Waals surface area contributed by atoms with Crippen molar-refractivity contribution in [1.82, 2.24) is 4.90 Å². The molecule has 0 aromatic rings. The number of carbonyl (C=O) groups excluding carboxylic acids is 1. The summed E-state index contributed by atoms with van der Waals surface area (Å²) in [6.07, 6.45) is 2.89. The van der Waals surface area contributed by atoms with Crippen molar-refractivity contribution in [2.24, 2.45) is 22.2 Å². The molecule has 0 aliphatic rings. The van der Waals surface area contributed by atoms with Gasteiger partial charge in [0.25, 0.3) is 0 Å². The zero-order valence-electron chi connectivity index (χ0n) is 14.5. The van der Waals surface area contributed by atoms with E-state index in [4.69, 9.17) is 10.9 Å². The first-order valence-corrected chi connectivity index (χ1v) is 8.13. The molecule has 21 heavy (non-hydrogen) atoms. The van der Waals surface area contributed by atoms with Crippen LogP contribution in [0.5, 0.6) is 0 Å². The van der Waals surface area contributed by atoms with Crippen LogP contribution in [0.2, 0.25) is 0 Å². The summed E-state index contributed by atoms with van der Waals surface area (Å²) in [7, 11) is 0. The predicted molar refractivity (Wildman–Crippen MR) is 87.3 cm³/mol. The molecule has 1 amide bonds. The molecule has 5 heteroatoms. The average molecular weight is 299 g/mol. The van der Waals surface area contributed by atoms with Gasteiger partial charge in [0, 0.05) is 12.6 Å². The molecule has 0 bridgehead atoms. The standard InChI is InChI=1S/C16H33N3O2/c1-7-13(8-2)19(11-12(5)6)15(20)16(9-3,10-4)14(17)18-21/h12-13,21H,7-11H2,1-6H3,(H2,17,18). The first-order valence-electron chi connectivity index (χ1n) is 8.13. The molecule has 3 N–H and O–H groups in total. The maximum Gasteiger partial charge on any atom is 0.236 e. The van der Waals surface area contributed by atoms with Crippen LogP contribution in [0.15, 0.2) is 5.16 Å². The largest absolute Gasteiger partial charge is 0.409 e. The Hall–Kier alpha value is -1.26. The molecule has 0 fully saturated rings. The van der Waals surface area contributed by atoms with Crippen molar-refractivity contribution < 1.29 is 10.0 Å². The number of amides is 1. The highest BCUT2D eigenvalue weighted by atomic mass is 16.4. The van der Waals surface area contributed by atoms with Gasteiger partial charge in [-0.3, -0.25) is 4.79 Å². The third kappa shape index (κ3) is 4.35. The highest BCUT2D eigenvalue weighted by Gasteiger charge is 2.43.